The zero-order valence-corrected chi connectivity index (χ0v) is 8.28. The highest BCUT2D eigenvalue weighted by Crippen LogP contribution is 1.81. The van der Waals surface area contributed by atoms with Gasteiger partial charge in [-0.05, 0) is 13.8 Å². The molecule has 0 rings (SSSR count). The molecular formula is C8H16N2O4. The molecule has 0 radical (unpaired) electrons. The standard InChI is InChI=1S/C8H16N2O4/c1-5(7(11)12)9-3-4-10-6(2)8(13)14/h5-6,9-10H,3-4H2,1-2H3,(H,11,12)(H,13,14). The number of aliphatic carboxylic acids is 2. The predicted molar refractivity (Wildman–Crippen MR) is 50.2 cm³/mol. The summed E-state index contributed by atoms with van der Waals surface area (Å²) in [7, 11) is 0. The number of hydrogen-bond donors (Lipinski definition) is 4. The van der Waals surface area contributed by atoms with E-state index in [9.17, 15) is 9.59 Å². The molecule has 2 unspecified atom stereocenters. The molecule has 14 heavy (non-hydrogen) atoms. The Morgan fingerprint density at radius 1 is 1.00 bits per heavy atom. The Balaban J connectivity index is 3.47. The first-order valence-electron chi connectivity index (χ1n) is 4.37. The summed E-state index contributed by atoms with van der Waals surface area (Å²) in [6, 6.07) is -1.23. The van der Waals surface area contributed by atoms with E-state index in [0.29, 0.717) is 13.1 Å². The van der Waals surface area contributed by atoms with Crippen molar-refractivity contribution < 1.29 is 19.8 Å². The van der Waals surface area contributed by atoms with Gasteiger partial charge in [0, 0.05) is 13.1 Å². The van der Waals surface area contributed by atoms with Crippen molar-refractivity contribution in [3.05, 3.63) is 0 Å². The zero-order valence-electron chi connectivity index (χ0n) is 8.28. The fourth-order valence-electron chi connectivity index (χ4n) is 0.752. The minimum Gasteiger partial charge on any atom is -0.480 e. The van der Waals surface area contributed by atoms with Gasteiger partial charge in [-0.3, -0.25) is 9.59 Å². The summed E-state index contributed by atoms with van der Waals surface area (Å²) in [6.07, 6.45) is 0. The van der Waals surface area contributed by atoms with Gasteiger partial charge in [-0.15, -0.1) is 0 Å². The molecule has 6 nitrogen and oxygen atoms in total. The molecule has 0 amide bonds. The Kier molecular flexibility index (Phi) is 5.82. The summed E-state index contributed by atoms with van der Waals surface area (Å²) < 4.78 is 0. The Morgan fingerprint density at radius 2 is 1.29 bits per heavy atom. The molecule has 0 aliphatic carbocycles. The van der Waals surface area contributed by atoms with Crippen molar-refractivity contribution in [3.8, 4) is 0 Å². The lowest BCUT2D eigenvalue weighted by Gasteiger charge is -2.11. The van der Waals surface area contributed by atoms with E-state index in [1.807, 2.05) is 0 Å². The van der Waals surface area contributed by atoms with Crippen LogP contribution in [0.5, 0.6) is 0 Å². The van der Waals surface area contributed by atoms with Gasteiger partial charge in [0.25, 0.3) is 0 Å². The van der Waals surface area contributed by atoms with Gasteiger partial charge in [0.1, 0.15) is 12.1 Å². The lowest BCUT2D eigenvalue weighted by atomic mass is 10.3. The van der Waals surface area contributed by atoms with E-state index in [2.05, 4.69) is 10.6 Å². The maximum Gasteiger partial charge on any atom is 0.320 e. The van der Waals surface area contributed by atoms with Gasteiger partial charge >= 0.3 is 11.9 Å². The first-order chi connectivity index (χ1) is 6.45. The van der Waals surface area contributed by atoms with Crippen LogP contribution < -0.4 is 10.6 Å². The quantitative estimate of drug-likeness (QED) is 0.402. The lowest BCUT2D eigenvalue weighted by Crippen LogP contribution is -2.42. The molecule has 82 valence electrons. The monoisotopic (exact) mass is 204 g/mol. The third-order valence-corrected chi connectivity index (χ3v) is 1.77. The molecule has 0 bridgehead atoms. The van der Waals surface area contributed by atoms with E-state index in [-0.39, 0.29) is 0 Å². The second-order valence-electron chi connectivity index (χ2n) is 3.03. The number of hydrogen-bond acceptors (Lipinski definition) is 4. The van der Waals surface area contributed by atoms with Crippen molar-refractivity contribution in [2.45, 2.75) is 25.9 Å². The Hall–Kier alpha value is -1.14. The van der Waals surface area contributed by atoms with Gasteiger partial charge in [0.15, 0.2) is 0 Å². The average Bonchev–Trinajstić information content (AvgIpc) is 2.11. The van der Waals surface area contributed by atoms with Crippen molar-refractivity contribution in [2.24, 2.45) is 0 Å². The molecule has 2 atom stereocenters. The first-order valence-corrected chi connectivity index (χ1v) is 4.37. The van der Waals surface area contributed by atoms with E-state index in [1.54, 1.807) is 0 Å². The van der Waals surface area contributed by atoms with Crippen LogP contribution in [0.15, 0.2) is 0 Å². The van der Waals surface area contributed by atoms with Crippen LogP contribution in [-0.4, -0.2) is 47.3 Å². The van der Waals surface area contributed by atoms with E-state index in [4.69, 9.17) is 10.2 Å². The van der Waals surface area contributed by atoms with Crippen LogP contribution in [0.2, 0.25) is 0 Å². The molecule has 0 aromatic heterocycles. The minimum atomic E-state index is -0.920. The molecular weight excluding hydrogens is 188 g/mol. The first kappa shape index (κ1) is 12.9. The summed E-state index contributed by atoms with van der Waals surface area (Å²) in [5, 5.41) is 22.4. The van der Waals surface area contributed by atoms with E-state index >= 15 is 0 Å². The van der Waals surface area contributed by atoms with Gasteiger partial charge in [-0.1, -0.05) is 0 Å². The van der Waals surface area contributed by atoms with Crippen molar-refractivity contribution in [1.82, 2.24) is 10.6 Å². The zero-order chi connectivity index (χ0) is 11.1. The van der Waals surface area contributed by atoms with E-state index in [1.165, 1.54) is 13.8 Å². The number of carboxylic acids is 2. The Bertz CT molecular complexity index is 186. The van der Waals surface area contributed by atoms with Crippen molar-refractivity contribution in [1.29, 1.82) is 0 Å². The summed E-state index contributed by atoms with van der Waals surface area (Å²) in [5.74, 6) is -1.84. The molecule has 6 heteroatoms. The topological polar surface area (TPSA) is 98.7 Å². The minimum absolute atomic E-state index is 0.422. The SMILES string of the molecule is CC(NCCNC(C)C(=O)O)C(=O)O. The third kappa shape index (κ3) is 5.50. The van der Waals surface area contributed by atoms with Crippen LogP contribution in [0.3, 0.4) is 0 Å². The highest BCUT2D eigenvalue weighted by atomic mass is 16.4. The molecule has 0 heterocycles. The molecule has 0 aliphatic rings. The summed E-state index contributed by atoms with van der Waals surface area (Å²) in [4.78, 5) is 20.7. The molecule has 0 fully saturated rings. The van der Waals surface area contributed by atoms with E-state index in [0.717, 1.165) is 0 Å². The highest BCUT2D eigenvalue weighted by molar-refractivity contribution is 5.73. The molecule has 0 saturated carbocycles. The Morgan fingerprint density at radius 3 is 1.50 bits per heavy atom. The molecule has 0 spiro atoms. The predicted octanol–water partition coefficient (Wildman–Crippen LogP) is -0.888. The number of carbonyl (C=O) groups is 2. The Labute approximate surface area is 82.3 Å². The fraction of sp³-hybridized carbons (Fsp3) is 0.750. The van der Waals surface area contributed by atoms with Gasteiger partial charge in [0.05, 0.1) is 0 Å². The van der Waals surface area contributed by atoms with Crippen molar-refractivity contribution >= 4 is 11.9 Å². The second-order valence-corrected chi connectivity index (χ2v) is 3.03. The normalized spacial score (nSPS) is 14.7. The maximum atomic E-state index is 10.4. The number of carboxylic acid groups (broad SMARTS) is 2. The average molecular weight is 204 g/mol. The molecule has 0 aromatic carbocycles. The summed E-state index contributed by atoms with van der Waals surface area (Å²) in [5.41, 5.74) is 0. The smallest absolute Gasteiger partial charge is 0.320 e. The summed E-state index contributed by atoms with van der Waals surface area (Å²) in [6.45, 7) is 3.90. The molecule has 4 N–H and O–H groups in total. The maximum absolute atomic E-state index is 10.4. The van der Waals surface area contributed by atoms with Gasteiger partial charge in [0.2, 0.25) is 0 Å². The van der Waals surface area contributed by atoms with Crippen LogP contribution in [0.25, 0.3) is 0 Å². The second kappa shape index (κ2) is 6.33. The number of nitrogens with one attached hydrogen (secondary N) is 2. The van der Waals surface area contributed by atoms with Crippen molar-refractivity contribution in [3.63, 3.8) is 0 Å². The van der Waals surface area contributed by atoms with Crippen LogP contribution in [0, 0.1) is 0 Å². The fourth-order valence-corrected chi connectivity index (χ4v) is 0.752. The molecule has 0 saturated heterocycles. The van der Waals surface area contributed by atoms with Gasteiger partial charge in [-0.25, -0.2) is 0 Å². The van der Waals surface area contributed by atoms with Crippen LogP contribution in [0.1, 0.15) is 13.8 Å². The van der Waals surface area contributed by atoms with Crippen LogP contribution in [0.4, 0.5) is 0 Å². The van der Waals surface area contributed by atoms with Crippen LogP contribution in [-0.2, 0) is 9.59 Å². The molecule has 0 aromatic rings. The summed E-state index contributed by atoms with van der Waals surface area (Å²) >= 11 is 0. The van der Waals surface area contributed by atoms with Crippen molar-refractivity contribution in [2.75, 3.05) is 13.1 Å². The van der Waals surface area contributed by atoms with Gasteiger partial charge < -0.3 is 20.8 Å². The molecule has 0 aliphatic heterocycles. The van der Waals surface area contributed by atoms with Gasteiger partial charge in [-0.2, -0.15) is 0 Å². The van der Waals surface area contributed by atoms with Crippen LogP contribution >= 0.6 is 0 Å². The highest BCUT2D eigenvalue weighted by Gasteiger charge is 2.11. The number of rotatable bonds is 7. The largest absolute Gasteiger partial charge is 0.480 e. The third-order valence-electron chi connectivity index (χ3n) is 1.77. The lowest BCUT2D eigenvalue weighted by molar-refractivity contribution is -0.140. The van der Waals surface area contributed by atoms with E-state index < -0.39 is 24.0 Å².